The smallest absolute Gasteiger partial charge is 0.339 e. The summed E-state index contributed by atoms with van der Waals surface area (Å²) in [5.41, 5.74) is 0.100. The zero-order valence-corrected chi connectivity index (χ0v) is 17.1. The van der Waals surface area contributed by atoms with Crippen molar-refractivity contribution >= 4 is 33.3 Å². The van der Waals surface area contributed by atoms with E-state index >= 15 is 0 Å². The van der Waals surface area contributed by atoms with Crippen molar-refractivity contribution in [3.63, 3.8) is 0 Å². The second-order valence-corrected chi connectivity index (χ2v) is 8.88. The van der Waals surface area contributed by atoms with E-state index in [2.05, 4.69) is 0 Å². The first-order valence-electron chi connectivity index (χ1n) is 8.19. The molecule has 2 rings (SSSR count). The maximum atomic E-state index is 12.5. The quantitative estimate of drug-likeness (QED) is 0.645. The first-order valence-corrected chi connectivity index (χ1v) is 10.4. The molecule has 8 nitrogen and oxygen atoms in total. The molecule has 0 N–H and O–H groups in total. The molecule has 0 aliphatic carbocycles. The van der Waals surface area contributed by atoms with Gasteiger partial charge in [-0.15, -0.1) is 0 Å². The van der Waals surface area contributed by atoms with Crippen molar-refractivity contribution in [1.29, 1.82) is 0 Å². The Bertz CT molecular complexity index is 840. The summed E-state index contributed by atoms with van der Waals surface area (Å²) in [6.45, 7) is 1.43. The highest BCUT2D eigenvalue weighted by atomic mass is 35.5. The summed E-state index contributed by atoms with van der Waals surface area (Å²) in [4.78, 5) is 26.2. The molecule has 2 atom stereocenters. The van der Waals surface area contributed by atoms with Gasteiger partial charge in [0.2, 0.25) is 0 Å². The molecule has 1 fully saturated rings. The summed E-state index contributed by atoms with van der Waals surface area (Å²) in [6, 6.07) is 2.34. The summed E-state index contributed by atoms with van der Waals surface area (Å²) in [5, 5.41) is 0.163. The van der Waals surface area contributed by atoms with Gasteiger partial charge in [-0.2, -0.15) is 0 Å². The van der Waals surface area contributed by atoms with E-state index in [0.29, 0.717) is 6.42 Å². The largest absolute Gasteiger partial charge is 0.493 e. The molecule has 1 amide bonds. The Labute approximate surface area is 163 Å². The summed E-state index contributed by atoms with van der Waals surface area (Å²) in [7, 11) is 1.20. The molecule has 1 heterocycles. The van der Waals surface area contributed by atoms with Crippen LogP contribution in [0.25, 0.3) is 0 Å². The van der Waals surface area contributed by atoms with E-state index < -0.39 is 33.9 Å². The second kappa shape index (κ2) is 8.35. The monoisotopic (exact) mass is 419 g/mol. The Morgan fingerprint density at radius 2 is 1.93 bits per heavy atom. The van der Waals surface area contributed by atoms with Gasteiger partial charge in [-0.25, -0.2) is 13.2 Å². The minimum atomic E-state index is -3.13. The average Bonchev–Trinajstić information content (AvgIpc) is 2.99. The Morgan fingerprint density at radius 3 is 2.44 bits per heavy atom. The van der Waals surface area contributed by atoms with Crippen LogP contribution in [-0.2, 0) is 19.4 Å². The van der Waals surface area contributed by atoms with Crippen LogP contribution in [0.1, 0.15) is 23.7 Å². The first-order chi connectivity index (χ1) is 12.6. The molecule has 0 radical (unpaired) electrons. The number of sulfone groups is 1. The van der Waals surface area contributed by atoms with Crippen LogP contribution in [0.3, 0.4) is 0 Å². The predicted molar refractivity (Wildman–Crippen MR) is 99.3 cm³/mol. The van der Waals surface area contributed by atoms with E-state index in [9.17, 15) is 18.0 Å². The average molecular weight is 420 g/mol. The Kier molecular flexibility index (Phi) is 6.59. The van der Waals surface area contributed by atoms with Gasteiger partial charge in [0.25, 0.3) is 5.91 Å². The maximum absolute atomic E-state index is 12.5. The number of hydrogen-bond acceptors (Lipinski definition) is 7. The molecule has 10 heteroatoms. The number of rotatable bonds is 6. The number of halogens is 1. The molecule has 0 bridgehead atoms. The van der Waals surface area contributed by atoms with Crippen molar-refractivity contribution in [2.45, 2.75) is 25.5 Å². The molecule has 1 aliphatic rings. The number of benzene rings is 1. The van der Waals surface area contributed by atoms with Gasteiger partial charge >= 0.3 is 5.97 Å². The van der Waals surface area contributed by atoms with Gasteiger partial charge < -0.3 is 19.1 Å². The van der Waals surface area contributed by atoms with E-state index in [-0.39, 0.29) is 33.6 Å². The van der Waals surface area contributed by atoms with E-state index in [1.54, 1.807) is 0 Å². The number of esters is 1. The van der Waals surface area contributed by atoms with Gasteiger partial charge in [0, 0.05) is 13.1 Å². The summed E-state index contributed by atoms with van der Waals surface area (Å²) >= 11 is 6.08. The van der Waals surface area contributed by atoms with Crippen molar-refractivity contribution < 1.29 is 32.2 Å². The molecule has 1 aliphatic heterocycles. The fraction of sp³-hybridized carbons (Fsp3) is 0.529. The van der Waals surface area contributed by atoms with Crippen molar-refractivity contribution in [1.82, 2.24) is 4.90 Å². The highest BCUT2D eigenvalue weighted by Crippen LogP contribution is 2.36. The molecule has 0 saturated carbocycles. The molecule has 1 aromatic carbocycles. The van der Waals surface area contributed by atoms with Crippen LogP contribution >= 0.6 is 11.6 Å². The zero-order chi connectivity index (χ0) is 20.4. The Morgan fingerprint density at radius 1 is 1.26 bits per heavy atom. The molecule has 0 spiro atoms. The second-order valence-electron chi connectivity index (χ2n) is 6.25. The fourth-order valence-corrected chi connectivity index (χ4v) is 4.92. The van der Waals surface area contributed by atoms with Crippen LogP contribution in [0, 0.1) is 0 Å². The lowest BCUT2D eigenvalue weighted by molar-refractivity contribution is -0.140. The molecule has 27 heavy (non-hydrogen) atoms. The van der Waals surface area contributed by atoms with Crippen molar-refractivity contribution in [2.75, 3.05) is 32.8 Å². The van der Waals surface area contributed by atoms with Gasteiger partial charge in [0.15, 0.2) is 27.4 Å². The Hall–Kier alpha value is -2.00. The van der Waals surface area contributed by atoms with Crippen LogP contribution in [-0.4, -0.2) is 70.1 Å². The van der Waals surface area contributed by atoms with Gasteiger partial charge in [-0.3, -0.25) is 4.79 Å². The maximum Gasteiger partial charge on any atom is 0.339 e. The predicted octanol–water partition coefficient (Wildman–Crippen LogP) is 1.55. The van der Waals surface area contributed by atoms with Crippen molar-refractivity contribution in [3.05, 3.63) is 22.7 Å². The van der Waals surface area contributed by atoms with Crippen molar-refractivity contribution in [2.24, 2.45) is 0 Å². The third-order valence-corrected chi connectivity index (χ3v) is 6.44. The van der Waals surface area contributed by atoms with Gasteiger partial charge in [0.1, 0.15) is 0 Å². The normalized spacial score (nSPS) is 19.2. The molecule has 1 aromatic rings. The van der Waals surface area contributed by atoms with Crippen molar-refractivity contribution in [3.8, 4) is 11.5 Å². The van der Waals surface area contributed by atoms with Crippen LogP contribution in [0.15, 0.2) is 12.1 Å². The highest BCUT2D eigenvalue weighted by molar-refractivity contribution is 7.91. The fourth-order valence-electron chi connectivity index (χ4n) is 2.86. The third kappa shape index (κ3) is 4.84. The number of likely N-dealkylation sites (N-methyl/N-ethyl adjacent to an activating group) is 1. The van der Waals surface area contributed by atoms with Gasteiger partial charge in [-0.05, 0) is 25.5 Å². The molecule has 150 valence electrons. The number of nitrogens with zero attached hydrogens (tertiary/aromatic N) is 1. The molecule has 1 saturated heterocycles. The number of methoxy groups -OCH3 is 2. The van der Waals surface area contributed by atoms with E-state index in [0.717, 1.165) is 0 Å². The van der Waals surface area contributed by atoms with Gasteiger partial charge in [0.05, 0.1) is 36.3 Å². The zero-order valence-electron chi connectivity index (χ0n) is 15.5. The highest BCUT2D eigenvalue weighted by Gasteiger charge is 2.35. The van der Waals surface area contributed by atoms with E-state index in [1.807, 2.05) is 0 Å². The number of amides is 1. The lowest BCUT2D eigenvalue weighted by Crippen LogP contribution is -2.44. The number of ether oxygens (including phenoxy) is 3. The van der Waals surface area contributed by atoms with E-state index in [1.165, 1.54) is 45.2 Å². The van der Waals surface area contributed by atoms with E-state index in [4.69, 9.17) is 25.8 Å². The topological polar surface area (TPSA) is 99.2 Å². The third-order valence-electron chi connectivity index (χ3n) is 4.40. The molecule has 0 unspecified atom stereocenters. The lowest BCUT2D eigenvalue weighted by Gasteiger charge is -2.26. The first kappa shape index (κ1) is 21.3. The van der Waals surface area contributed by atoms with Crippen LogP contribution in [0.2, 0.25) is 5.02 Å². The van der Waals surface area contributed by atoms with Crippen LogP contribution in [0.4, 0.5) is 0 Å². The SMILES string of the molecule is COc1cc(C(=O)O[C@H](C)C(=O)N(C)[C@H]2CCS(=O)(=O)C2)cc(Cl)c1OC. The molecule has 0 aromatic heterocycles. The van der Waals surface area contributed by atoms with Crippen LogP contribution in [0.5, 0.6) is 11.5 Å². The number of carbonyl (C=O) groups excluding carboxylic acids is 2. The van der Waals surface area contributed by atoms with Gasteiger partial charge in [-0.1, -0.05) is 11.6 Å². The summed E-state index contributed by atoms with van der Waals surface area (Å²) < 4.78 is 38.6. The Balaban J connectivity index is 2.09. The standard InChI is InChI=1S/C17H22ClNO7S/c1-10(16(20)19(2)12-5-6-27(22,23)9-12)26-17(21)11-7-13(18)15(25-4)14(8-11)24-3/h7-8,10,12H,5-6,9H2,1-4H3/t10-,12+/m1/s1. The number of hydrogen-bond donors (Lipinski definition) is 0. The lowest BCUT2D eigenvalue weighted by atomic mass is 10.2. The van der Waals surface area contributed by atoms with Crippen LogP contribution < -0.4 is 9.47 Å². The minimum absolute atomic E-state index is 0.0492. The number of carbonyl (C=O) groups is 2. The molecular weight excluding hydrogens is 398 g/mol. The summed E-state index contributed by atoms with van der Waals surface area (Å²) in [6.07, 6.45) is -0.714. The molecular formula is C17H22ClNO7S. The summed E-state index contributed by atoms with van der Waals surface area (Å²) in [5.74, 6) is -0.733. The minimum Gasteiger partial charge on any atom is -0.493 e.